The zero-order valence-electron chi connectivity index (χ0n) is 9.99. The molecule has 17 heavy (non-hydrogen) atoms. The molecule has 7 nitrogen and oxygen atoms in total. The number of carbonyl (C=O) groups excluding carboxylic acids is 2. The number of ether oxygens (including phenoxy) is 1. The topological polar surface area (TPSA) is 93.5 Å². The summed E-state index contributed by atoms with van der Waals surface area (Å²) < 4.78 is 9.50. The highest BCUT2D eigenvalue weighted by Gasteiger charge is 2.13. The Morgan fingerprint density at radius 1 is 1.35 bits per heavy atom. The van der Waals surface area contributed by atoms with Gasteiger partial charge in [-0.25, -0.2) is 10.2 Å². The summed E-state index contributed by atoms with van der Waals surface area (Å²) in [4.78, 5) is 22.4. The second kappa shape index (κ2) is 5.88. The van der Waals surface area contributed by atoms with Crippen LogP contribution >= 0.6 is 0 Å². The van der Waals surface area contributed by atoms with E-state index in [-0.39, 0.29) is 18.9 Å². The van der Waals surface area contributed by atoms with Crippen molar-refractivity contribution in [2.75, 3.05) is 6.61 Å². The monoisotopic (exact) mass is 241 g/mol. The first kappa shape index (κ1) is 13.0. The molecule has 1 rings (SSSR count). The molecule has 0 atom stereocenters. The van der Waals surface area contributed by atoms with Gasteiger partial charge in [-0.1, -0.05) is 5.16 Å². The van der Waals surface area contributed by atoms with Crippen LogP contribution in [0.3, 0.4) is 0 Å². The van der Waals surface area contributed by atoms with Gasteiger partial charge >= 0.3 is 6.09 Å². The summed E-state index contributed by atoms with van der Waals surface area (Å²) in [5.74, 6) is 0.223. The fraction of sp³-hybridized carbons (Fsp3) is 0.500. The summed E-state index contributed by atoms with van der Waals surface area (Å²) in [5.41, 5.74) is 5.73. The largest absolute Gasteiger partial charge is 0.449 e. The van der Waals surface area contributed by atoms with Crippen LogP contribution in [0.25, 0.3) is 0 Å². The van der Waals surface area contributed by atoms with E-state index in [1.54, 1.807) is 20.8 Å². The van der Waals surface area contributed by atoms with Crippen molar-refractivity contribution in [2.24, 2.45) is 0 Å². The minimum Gasteiger partial charge on any atom is -0.449 e. The molecule has 1 aromatic rings. The molecule has 0 fully saturated rings. The van der Waals surface area contributed by atoms with Crippen molar-refractivity contribution in [3.63, 3.8) is 0 Å². The van der Waals surface area contributed by atoms with Gasteiger partial charge in [0.2, 0.25) is 5.91 Å². The molecule has 0 aromatic carbocycles. The van der Waals surface area contributed by atoms with Gasteiger partial charge in [0.25, 0.3) is 0 Å². The molecular formula is C10H15N3O4. The van der Waals surface area contributed by atoms with Crippen LogP contribution < -0.4 is 10.9 Å². The van der Waals surface area contributed by atoms with Crippen LogP contribution in [0.1, 0.15) is 23.9 Å². The summed E-state index contributed by atoms with van der Waals surface area (Å²) in [7, 11) is 0. The molecule has 0 saturated heterocycles. The third kappa shape index (κ3) is 3.78. The van der Waals surface area contributed by atoms with E-state index in [1.807, 2.05) is 0 Å². The highest BCUT2D eigenvalue weighted by molar-refractivity contribution is 5.81. The molecule has 0 unspecified atom stereocenters. The fourth-order valence-electron chi connectivity index (χ4n) is 1.25. The van der Waals surface area contributed by atoms with Crippen LogP contribution in [0, 0.1) is 13.8 Å². The molecule has 1 heterocycles. The van der Waals surface area contributed by atoms with Crippen LogP contribution in [0.5, 0.6) is 0 Å². The average molecular weight is 241 g/mol. The van der Waals surface area contributed by atoms with Crippen molar-refractivity contribution in [1.82, 2.24) is 16.0 Å². The minimum absolute atomic E-state index is 0.0908. The molecule has 0 spiro atoms. The van der Waals surface area contributed by atoms with E-state index in [0.29, 0.717) is 17.0 Å². The number of hydrogen-bond donors (Lipinski definition) is 2. The number of hydrazine groups is 1. The van der Waals surface area contributed by atoms with Crippen LogP contribution in [0.2, 0.25) is 0 Å². The third-order valence-corrected chi connectivity index (χ3v) is 2.10. The number of nitrogens with one attached hydrogen (secondary N) is 2. The summed E-state index contributed by atoms with van der Waals surface area (Å²) in [5, 5.41) is 3.73. The van der Waals surface area contributed by atoms with Gasteiger partial charge in [-0.15, -0.1) is 0 Å². The molecule has 0 saturated carbocycles. The van der Waals surface area contributed by atoms with E-state index >= 15 is 0 Å². The Morgan fingerprint density at radius 3 is 2.59 bits per heavy atom. The molecule has 0 aliphatic carbocycles. The Bertz CT molecular complexity index is 394. The van der Waals surface area contributed by atoms with Crippen LogP contribution in [-0.2, 0) is 16.0 Å². The van der Waals surface area contributed by atoms with Gasteiger partial charge in [0.15, 0.2) is 0 Å². The van der Waals surface area contributed by atoms with Crippen molar-refractivity contribution in [1.29, 1.82) is 0 Å². The van der Waals surface area contributed by atoms with Gasteiger partial charge in [0.05, 0.1) is 18.7 Å². The minimum atomic E-state index is -0.695. The van der Waals surface area contributed by atoms with E-state index in [2.05, 4.69) is 20.7 Å². The predicted octanol–water partition coefficient (Wildman–Crippen LogP) is 0.611. The summed E-state index contributed by atoms with van der Waals surface area (Å²) in [6.07, 6.45) is -0.604. The standard InChI is InChI=1S/C10H15N3O4/c1-4-16-10(15)12-11-9(14)5-8-6(2)13-17-7(8)3/h4-5H2,1-3H3,(H,11,14)(H,12,15). The zero-order valence-corrected chi connectivity index (χ0v) is 9.99. The van der Waals surface area contributed by atoms with Crippen molar-refractivity contribution in [2.45, 2.75) is 27.2 Å². The molecule has 0 aliphatic rings. The summed E-state index contributed by atoms with van der Waals surface area (Å²) in [6.45, 7) is 5.39. The lowest BCUT2D eigenvalue weighted by Crippen LogP contribution is -2.42. The van der Waals surface area contributed by atoms with E-state index in [9.17, 15) is 9.59 Å². The zero-order chi connectivity index (χ0) is 12.8. The lowest BCUT2D eigenvalue weighted by atomic mass is 10.1. The van der Waals surface area contributed by atoms with Crippen LogP contribution in [0.4, 0.5) is 4.79 Å². The molecule has 0 bridgehead atoms. The maximum absolute atomic E-state index is 11.5. The van der Waals surface area contributed by atoms with Gasteiger partial charge in [-0.2, -0.15) is 0 Å². The van der Waals surface area contributed by atoms with Gasteiger partial charge < -0.3 is 9.26 Å². The Kier molecular flexibility index (Phi) is 4.50. The second-order valence-corrected chi connectivity index (χ2v) is 3.37. The second-order valence-electron chi connectivity index (χ2n) is 3.37. The van der Waals surface area contributed by atoms with E-state index < -0.39 is 6.09 Å². The van der Waals surface area contributed by atoms with Crippen LogP contribution in [0.15, 0.2) is 4.52 Å². The fourth-order valence-corrected chi connectivity index (χ4v) is 1.25. The third-order valence-electron chi connectivity index (χ3n) is 2.10. The van der Waals surface area contributed by atoms with Crippen molar-refractivity contribution >= 4 is 12.0 Å². The SMILES string of the molecule is CCOC(=O)NNC(=O)Cc1c(C)noc1C. The summed E-state index contributed by atoms with van der Waals surface area (Å²) in [6, 6.07) is 0. The number of carbonyl (C=O) groups is 2. The van der Waals surface area contributed by atoms with Crippen LogP contribution in [-0.4, -0.2) is 23.8 Å². The molecule has 7 heteroatoms. The lowest BCUT2D eigenvalue weighted by molar-refractivity contribution is -0.121. The molecular weight excluding hydrogens is 226 g/mol. The first-order chi connectivity index (χ1) is 8.04. The number of aromatic nitrogens is 1. The van der Waals surface area contributed by atoms with Crippen molar-refractivity contribution in [3.05, 3.63) is 17.0 Å². The van der Waals surface area contributed by atoms with Gasteiger partial charge in [0.1, 0.15) is 5.76 Å². The first-order valence-electron chi connectivity index (χ1n) is 5.18. The quantitative estimate of drug-likeness (QED) is 0.756. The molecule has 0 radical (unpaired) electrons. The van der Waals surface area contributed by atoms with Gasteiger partial charge in [0, 0.05) is 5.56 Å². The number of aryl methyl sites for hydroxylation is 2. The van der Waals surface area contributed by atoms with Crippen molar-refractivity contribution < 1.29 is 18.8 Å². The van der Waals surface area contributed by atoms with Gasteiger partial charge in [-0.3, -0.25) is 10.2 Å². The Labute approximate surface area is 98.5 Å². The molecule has 2 amide bonds. The normalized spacial score (nSPS) is 9.82. The predicted molar refractivity (Wildman–Crippen MR) is 58.0 cm³/mol. The molecule has 1 aromatic heterocycles. The highest BCUT2D eigenvalue weighted by atomic mass is 16.6. The number of nitrogens with zero attached hydrogens (tertiary/aromatic N) is 1. The molecule has 94 valence electrons. The van der Waals surface area contributed by atoms with Crippen molar-refractivity contribution in [3.8, 4) is 0 Å². The first-order valence-corrected chi connectivity index (χ1v) is 5.18. The van der Waals surface area contributed by atoms with E-state index in [0.717, 1.165) is 0 Å². The van der Waals surface area contributed by atoms with Gasteiger partial charge in [-0.05, 0) is 20.8 Å². The maximum Gasteiger partial charge on any atom is 0.426 e. The molecule has 0 aliphatic heterocycles. The number of rotatable bonds is 3. The molecule has 2 N–H and O–H groups in total. The number of amides is 2. The Hall–Kier alpha value is -2.05. The highest BCUT2D eigenvalue weighted by Crippen LogP contribution is 2.12. The van der Waals surface area contributed by atoms with E-state index in [4.69, 9.17) is 4.52 Å². The Morgan fingerprint density at radius 2 is 2.06 bits per heavy atom. The summed E-state index contributed by atoms with van der Waals surface area (Å²) >= 11 is 0. The maximum atomic E-state index is 11.5. The number of hydrogen-bond acceptors (Lipinski definition) is 5. The lowest BCUT2D eigenvalue weighted by Gasteiger charge is -2.06. The smallest absolute Gasteiger partial charge is 0.426 e. The Balaban J connectivity index is 2.43. The van der Waals surface area contributed by atoms with E-state index in [1.165, 1.54) is 0 Å². The average Bonchev–Trinajstić information content (AvgIpc) is 2.58.